The van der Waals surface area contributed by atoms with Crippen LogP contribution in [0.15, 0.2) is 48.7 Å². The summed E-state index contributed by atoms with van der Waals surface area (Å²) in [5, 5.41) is 3.18. The van der Waals surface area contributed by atoms with Gasteiger partial charge in [0.1, 0.15) is 11.6 Å². The van der Waals surface area contributed by atoms with Gasteiger partial charge in [0, 0.05) is 17.8 Å². The van der Waals surface area contributed by atoms with Crippen molar-refractivity contribution >= 4 is 6.08 Å². The van der Waals surface area contributed by atoms with Crippen molar-refractivity contribution in [1.29, 1.82) is 0 Å². The molecule has 1 aromatic heterocycles. The van der Waals surface area contributed by atoms with Crippen molar-refractivity contribution in [1.82, 2.24) is 10.3 Å². The molecule has 0 spiro atoms. The Kier molecular flexibility index (Phi) is 5.46. The van der Waals surface area contributed by atoms with Crippen molar-refractivity contribution in [2.24, 2.45) is 0 Å². The molecule has 0 aliphatic rings. The van der Waals surface area contributed by atoms with Gasteiger partial charge in [-0.3, -0.25) is 0 Å². The topological polar surface area (TPSA) is 34.2 Å². The smallest absolute Gasteiger partial charge is 0.226 e. The molecule has 1 aromatic carbocycles. The highest BCUT2D eigenvalue weighted by molar-refractivity contribution is 5.55. The summed E-state index contributed by atoms with van der Waals surface area (Å²) in [6.45, 7) is 2.11. The highest BCUT2D eigenvalue weighted by Gasteiger charge is 2.04. The Labute approximate surface area is 124 Å². The number of nitrogens with one attached hydrogen (secondary N) is 1. The molecular weight excluding hydrogens is 267 g/mol. The van der Waals surface area contributed by atoms with Gasteiger partial charge in [0.25, 0.3) is 0 Å². The summed E-state index contributed by atoms with van der Waals surface area (Å²) in [6.07, 6.45) is 6.66. The van der Waals surface area contributed by atoms with Gasteiger partial charge in [0.15, 0.2) is 0 Å². The fraction of sp³-hybridized carbons (Fsp3) is 0.235. The van der Waals surface area contributed by atoms with Gasteiger partial charge in [-0.2, -0.15) is 0 Å². The molecule has 0 saturated carbocycles. The zero-order valence-electron chi connectivity index (χ0n) is 12.2. The molecule has 1 atom stereocenters. The van der Waals surface area contributed by atoms with E-state index in [4.69, 9.17) is 4.74 Å². The first-order valence-corrected chi connectivity index (χ1v) is 6.91. The summed E-state index contributed by atoms with van der Waals surface area (Å²) in [7, 11) is 1.94. The zero-order chi connectivity index (χ0) is 15.1. The lowest BCUT2D eigenvalue weighted by atomic mass is 10.2. The third-order valence-electron chi connectivity index (χ3n) is 3.11. The van der Waals surface area contributed by atoms with Gasteiger partial charge < -0.3 is 10.1 Å². The Morgan fingerprint density at radius 1 is 1.29 bits per heavy atom. The van der Waals surface area contributed by atoms with Crippen LogP contribution in [0.25, 0.3) is 6.08 Å². The lowest BCUT2D eigenvalue weighted by molar-refractivity contribution is 0.460. The number of benzene rings is 1. The number of halogens is 1. The molecule has 0 aliphatic carbocycles. The van der Waals surface area contributed by atoms with E-state index in [0.717, 1.165) is 12.0 Å². The van der Waals surface area contributed by atoms with E-state index in [9.17, 15) is 4.39 Å². The van der Waals surface area contributed by atoms with Crippen LogP contribution < -0.4 is 10.1 Å². The molecule has 2 rings (SSSR count). The van der Waals surface area contributed by atoms with Crippen LogP contribution in [0.2, 0.25) is 0 Å². The highest BCUT2D eigenvalue weighted by Crippen LogP contribution is 2.24. The van der Waals surface area contributed by atoms with Gasteiger partial charge in [-0.05, 0) is 56.8 Å². The predicted molar refractivity (Wildman–Crippen MR) is 82.9 cm³/mol. The van der Waals surface area contributed by atoms with Crippen molar-refractivity contribution in [3.63, 3.8) is 0 Å². The minimum absolute atomic E-state index is 0.287. The van der Waals surface area contributed by atoms with E-state index in [2.05, 4.69) is 23.3 Å². The van der Waals surface area contributed by atoms with Crippen LogP contribution in [-0.2, 0) is 0 Å². The fourth-order valence-corrected chi connectivity index (χ4v) is 1.75. The molecule has 0 aliphatic heterocycles. The number of aromatic nitrogens is 1. The Bertz CT molecular complexity index is 596. The van der Waals surface area contributed by atoms with Crippen molar-refractivity contribution in [2.75, 3.05) is 7.05 Å². The van der Waals surface area contributed by atoms with Gasteiger partial charge in [-0.25, -0.2) is 9.37 Å². The largest absolute Gasteiger partial charge is 0.438 e. The van der Waals surface area contributed by atoms with E-state index in [1.54, 1.807) is 18.3 Å². The molecule has 0 bridgehead atoms. The molecule has 0 fully saturated rings. The molecule has 0 unspecified atom stereocenters. The summed E-state index contributed by atoms with van der Waals surface area (Å²) < 4.78 is 18.6. The van der Waals surface area contributed by atoms with E-state index >= 15 is 0 Å². The Morgan fingerprint density at radius 3 is 2.76 bits per heavy atom. The van der Waals surface area contributed by atoms with Crippen molar-refractivity contribution in [3.8, 4) is 11.6 Å². The fourth-order valence-electron chi connectivity index (χ4n) is 1.75. The third-order valence-corrected chi connectivity index (χ3v) is 3.11. The second-order valence-electron chi connectivity index (χ2n) is 4.78. The summed E-state index contributed by atoms with van der Waals surface area (Å²) in [6, 6.07) is 10.1. The molecule has 4 heteroatoms. The maximum atomic E-state index is 12.9. The average Bonchev–Trinajstić information content (AvgIpc) is 2.51. The van der Waals surface area contributed by atoms with Crippen LogP contribution in [0, 0.1) is 5.82 Å². The Hall–Kier alpha value is -2.20. The average molecular weight is 286 g/mol. The van der Waals surface area contributed by atoms with Gasteiger partial charge in [-0.15, -0.1) is 0 Å². The van der Waals surface area contributed by atoms with Crippen molar-refractivity contribution in [3.05, 3.63) is 60.1 Å². The van der Waals surface area contributed by atoms with E-state index in [0.29, 0.717) is 17.7 Å². The maximum absolute atomic E-state index is 12.9. The van der Waals surface area contributed by atoms with Gasteiger partial charge in [-0.1, -0.05) is 12.2 Å². The number of hydrogen-bond donors (Lipinski definition) is 1. The van der Waals surface area contributed by atoms with E-state index < -0.39 is 0 Å². The summed E-state index contributed by atoms with van der Waals surface area (Å²) >= 11 is 0. The molecule has 110 valence electrons. The van der Waals surface area contributed by atoms with Crippen LogP contribution >= 0.6 is 0 Å². The van der Waals surface area contributed by atoms with Crippen molar-refractivity contribution in [2.45, 2.75) is 19.4 Å². The lowest BCUT2D eigenvalue weighted by Gasteiger charge is -2.08. The molecule has 21 heavy (non-hydrogen) atoms. The molecule has 3 nitrogen and oxygen atoms in total. The summed E-state index contributed by atoms with van der Waals surface area (Å²) in [5.74, 6) is 0.787. The molecular formula is C17H19FN2O. The highest BCUT2D eigenvalue weighted by atomic mass is 19.1. The lowest BCUT2D eigenvalue weighted by Crippen LogP contribution is -2.19. The quantitative estimate of drug-likeness (QED) is 0.870. The Morgan fingerprint density at radius 2 is 2.05 bits per heavy atom. The Balaban J connectivity index is 2.11. The van der Waals surface area contributed by atoms with Gasteiger partial charge in [0.2, 0.25) is 5.88 Å². The molecule has 1 N–H and O–H groups in total. The number of hydrogen-bond acceptors (Lipinski definition) is 3. The van der Waals surface area contributed by atoms with E-state index in [1.807, 2.05) is 25.3 Å². The predicted octanol–water partition coefficient (Wildman–Crippen LogP) is 4.02. The second-order valence-corrected chi connectivity index (χ2v) is 4.78. The summed E-state index contributed by atoms with van der Waals surface area (Å²) in [5.41, 5.74) is 0.894. The number of pyridine rings is 1. The number of rotatable bonds is 6. The molecule has 0 saturated heterocycles. The molecule has 0 amide bonds. The minimum Gasteiger partial charge on any atom is -0.438 e. The molecule has 0 radical (unpaired) electrons. The number of ether oxygens (including phenoxy) is 1. The first-order valence-electron chi connectivity index (χ1n) is 6.91. The van der Waals surface area contributed by atoms with Crippen LogP contribution in [0.4, 0.5) is 4.39 Å². The van der Waals surface area contributed by atoms with Gasteiger partial charge in [0.05, 0.1) is 0 Å². The minimum atomic E-state index is -0.287. The normalized spacial score (nSPS) is 12.5. The SMILES string of the molecule is CN[C@@H](C)C/C=C/c1cccnc1Oc1ccc(F)cc1. The van der Waals surface area contributed by atoms with E-state index in [1.165, 1.54) is 12.1 Å². The van der Waals surface area contributed by atoms with Gasteiger partial charge >= 0.3 is 0 Å². The van der Waals surface area contributed by atoms with Crippen LogP contribution in [0.3, 0.4) is 0 Å². The maximum Gasteiger partial charge on any atom is 0.226 e. The van der Waals surface area contributed by atoms with Crippen LogP contribution in [0.5, 0.6) is 11.6 Å². The van der Waals surface area contributed by atoms with E-state index in [-0.39, 0.29) is 5.82 Å². The molecule has 1 heterocycles. The van der Waals surface area contributed by atoms with Crippen LogP contribution in [-0.4, -0.2) is 18.1 Å². The molecule has 2 aromatic rings. The monoisotopic (exact) mass is 286 g/mol. The zero-order valence-corrected chi connectivity index (χ0v) is 12.2. The first kappa shape index (κ1) is 15.2. The van der Waals surface area contributed by atoms with Crippen LogP contribution in [0.1, 0.15) is 18.9 Å². The first-order chi connectivity index (χ1) is 10.2. The second kappa shape index (κ2) is 7.55. The standard InChI is InChI=1S/C17H19FN2O/c1-13(19-2)5-3-6-14-7-4-12-20-17(14)21-16-10-8-15(18)9-11-16/h3-4,6-13,19H,5H2,1-2H3/b6-3+/t13-/m0/s1. The number of nitrogens with zero attached hydrogens (tertiary/aromatic N) is 1. The van der Waals surface area contributed by atoms with Crippen molar-refractivity contribution < 1.29 is 9.13 Å². The third kappa shape index (κ3) is 4.68. The summed E-state index contributed by atoms with van der Waals surface area (Å²) in [4.78, 5) is 4.23.